The van der Waals surface area contributed by atoms with Gasteiger partial charge in [0, 0.05) is 40.9 Å². The molecule has 47 heavy (non-hydrogen) atoms. The van der Waals surface area contributed by atoms with Crippen molar-refractivity contribution in [3.8, 4) is 6.07 Å². The maximum Gasteiger partial charge on any atom is 0.168 e. The minimum atomic E-state index is -0.990. The number of nitriles is 1. The number of hydrogen-bond donors (Lipinski definition) is 2. The highest BCUT2D eigenvalue weighted by Gasteiger charge is 2.29. The molecule has 0 bridgehead atoms. The Morgan fingerprint density at radius 3 is 2.38 bits per heavy atom. The molecule has 0 saturated carbocycles. The predicted molar refractivity (Wildman–Crippen MR) is 183 cm³/mol. The van der Waals surface area contributed by atoms with Crippen molar-refractivity contribution in [2.75, 3.05) is 23.7 Å². The zero-order valence-electron chi connectivity index (χ0n) is 25.8. The van der Waals surface area contributed by atoms with Crippen LogP contribution >= 0.6 is 34.8 Å². The van der Waals surface area contributed by atoms with Gasteiger partial charge in [0.2, 0.25) is 0 Å². The maximum atomic E-state index is 14.9. The second-order valence-corrected chi connectivity index (χ2v) is 13.7. The number of nitrogens with zero attached hydrogens (tertiary/aromatic N) is 6. The van der Waals surface area contributed by atoms with Crippen LogP contribution in [0.3, 0.4) is 0 Å². The molecule has 2 aromatic heterocycles. The van der Waals surface area contributed by atoms with E-state index in [2.05, 4.69) is 51.6 Å². The summed E-state index contributed by atoms with van der Waals surface area (Å²) < 4.78 is 31.6. The van der Waals surface area contributed by atoms with Crippen molar-refractivity contribution >= 4 is 62.8 Å². The van der Waals surface area contributed by atoms with Gasteiger partial charge in [-0.3, -0.25) is 9.88 Å². The minimum absolute atomic E-state index is 0.0548. The number of fused-ring (bicyclic) bond motifs is 1. The van der Waals surface area contributed by atoms with Gasteiger partial charge < -0.3 is 10.6 Å². The molecule has 1 aliphatic rings. The minimum Gasteiger partial charge on any atom is -0.373 e. The van der Waals surface area contributed by atoms with E-state index in [4.69, 9.17) is 34.8 Å². The Kier molecular flexibility index (Phi) is 9.27. The standard InChI is InChI=1S/C34H31Cl3F2N8/c1-34(2,3)46-12-10-23(11-13-46)47-18-28(44-45-47)31(19-4-6-21(35)7-5-19)42-22-14-24-30(20(16-40)17-41-32(24)26(37)15-22)43-33-27(38)9-8-25(36)29(33)39/h4-9,14-15,17-18,23,31,42H,10-13H2,1-3H3,(H,41,43). The van der Waals surface area contributed by atoms with E-state index < -0.39 is 23.4 Å². The summed E-state index contributed by atoms with van der Waals surface area (Å²) >= 11 is 18.9. The molecule has 3 heterocycles. The number of hydrogen-bond acceptors (Lipinski definition) is 7. The zero-order valence-corrected chi connectivity index (χ0v) is 28.1. The maximum absolute atomic E-state index is 14.9. The smallest absolute Gasteiger partial charge is 0.168 e. The molecule has 1 saturated heterocycles. The largest absolute Gasteiger partial charge is 0.373 e. The number of likely N-dealkylation sites (tertiary alicyclic amines) is 1. The van der Waals surface area contributed by atoms with E-state index in [9.17, 15) is 14.0 Å². The van der Waals surface area contributed by atoms with Gasteiger partial charge in [-0.05, 0) is 75.6 Å². The zero-order chi connectivity index (χ0) is 33.5. The summed E-state index contributed by atoms with van der Waals surface area (Å²) in [5.74, 6) is -1.87. The summed E-state index contributed by atoms with van der Waals surface area (Å²) in [6.07, 6.45) is 5.17. The molecular formula is C34H31Cl3F2N8. The molecule has 6 rings (SSSR count). The van der Waals surface area contributed by atoms with E-state index in [1.54, 1.807) is 24.3 Å². The Hall–Kier alpha value is -4.01. The highest BCUT2D eigenvalue weighted by atomic mass is 35.5. The van der Waals surface area contributed by atoms with Crippen LogP contribution < -0.4 is 10.6 Å². The number of aromatic nitrogens is 4. The molecule has 13 heteroatoms. The average molecular weight is 696 g/mol. The summed E-state index contributed by atoms with van der Waals surface area (Å²) in [5, 5.41) is 26.2. The fourth-order valence-corrected chi connectivity index (χ4v) is 6.43. The third kappa shape index (κ3) is 6.85. The topological polar surface area (TPSA) is 94.7 Å². The third-order valence-corrected chi connectivity index (χ3v) is 9.30. The molecule has 1 aliphatic heterocycles. The van der Waals surface area contributed by atoms with Gasteiger partial charge in [0.15, 0.2) is 5.82 Å². The first-order valence-electron chi connectivity index (χ1n) is 15.0. The lowest BCUT2D eigenvalue weighted by Crippen LogP contribution is -2.46. The first kappa shape index (κ1) is 32.9. The molecule has 1 atom stereocenters. The molecule has 0 aliphatic carbocycles. The van der Waals surface area contributed by atoms with Gasteiger partial charge in [-0.25, -0.2) is 13.5 Å². The quantitative estimate of drug-likeness (QED) is 0.164. The number of nitrogens with one attached hydrogen (secondary N) is 2. The van der Waals surface area contributed by atoms with Crippen LogP contribution in [-0.4, -0.2) is 43.5 Å². The molecule has 3 aromatic carbocycles. The third-order valence-electron chi connectivity index (χ3n) is 8.46. The van der Waals surface area contributed by atoms with Gasteiger partial charge in [-0.1, -0.05) is 52.1 Å². The van der Waals surface area contributed by atoms with Gasteiger partial charge in [-0.15, -0.1) is 5.10 Å². The Labute approximate surface area is 286 Å². The molecule has 1 unspecified atom stereocenters. The monoisotopic (exact) mass is 694 g/mol. The van der Waals surface area contributed by atoms with Crippen LogP contribution in [0.1, 0.15) is 62.5 Å². The van der Waals surface area contributed by atoms with Gasteiger partial charge >= 0.3 is 0 Å². The van der Waals surface area contributed by atoms with Crippen LogP contribution in [0.4, 0.5) is 25.8 Å². The Morgan fingerprint density at radius 2 is 1.70 bits per heavy atom. The lowest BCUT2D eigenvalue weighted by atomic mass is 9.98. The lowest BCUT2D eigenvalue weighted by Gasteiger charge is -2.40. The number of pyridine rings is 1. The van der Waals surface area contributed by atoms with Crippen LogP contribution in [0.25, 0.3) is 10.9 Å². The summed E-state index contributed by atoms with van der Waals surface area (Å²) in [5.41, 5.74) is 2.20. The molecule has 0 spiro atoms. The van der Waals surface area contributed by atoms with Gasteiger partial charge in [0.05, 0.1) is 45.1 Å². The van der Waals surface area contributed by atoms with Crippen LogP contribution in [0.15, 0.2) is 60.9 Å². The van der Waals surface area contributed by atoms with Crippen LogP contribution in [-0.2, 0) is 0 Å². The summed E-state index contributed by atoms with van der Waals surface area (Å²) in [4.78, 5) is 6.84. The molecule has 1 fully saturated rings. The van der Waals surface area contributed by atoms with Crippen molar-refractivity contribution in [2.24, 2.45) is 0 Å². The molecular weight excluding hydrogens is 665 g/mol. The molecule has 8 nitrogen and oxygen atoms in total. The number of piperidine rings is 1. The van der Waals surface area contributed by atoms with E-state index in [1.165, 1.54) is 6.20 Å². The van der Waals surface area contributed by atoms with Gasteiger partial charge in [-0.2, -0.15) is 5.26 Å². The summed E-state index contributed by atoms with van der Waals surface area (Å²) in [6, 6.07) is 14.7. The number of halogens is 5. The Morgan fingerprint density at radius 1 is 0.979 bits per heavy atom. The average Bonchev–Trinajstić information content (AvgIpc) is 3.54. The summed E-state index contributed by atoms with van der Waals surface area (Å²) in [6.45, 7) is 8.62. The van der Waals surface area contributed by atoms with Crippen LogP contribution in [0, 0.1) is 23.0 Å². The van der Waals surface area contributed by atoms with Crippen LogP contribution in [0.5, 0.6) is 0 Å². The Bertz CT molecular complexity index is 1980. The molecule has 0 amide bonds. The number of anilines is 3. The van der Waals surface area contributed by atoms with E-state index >= 15 is 0 Å². The predicted octanol–water partition coefficient (Wildman–Crippen LogP) is 9.32. The van der Waals surface area contributed by atoms with Crippen LogP contribution in [0.2, 0.25) is 15.1 Å². The van der Waals surface area contributed by atoms with Crippen molar-refractivity contribution < 1.29 is 8.78 Å². The van der Waals surface area contributed by atoms with Crippen molar-refractivity contribution in [1.29, 1.82) is 5.26 Å². The SMILES string of the molecule is CC(C)(C)N1CCC(n2cc(C(Nc3cc(Cl)c4ncc(C#N)c(Nc5c(F)ccc(Cl)c5F)c4c3)c3ccc(Cl)cc3)nn2)CC1. The fourth-order valence-electron chi connectivity index (χ4n) is 5.88. The lowest BCUT2D eigenvalue weighted by molar-refractivity contribution is 0.0866. The molecule has 242 valence electrons. The first-order valence-corrected chi connectivity index (χ1v) is 16.2. The van der Waals surface area contributed by atoms with E-state index in [0.717, 1.165) is 43.6 Å². The van der Waals surface area contributed by atoms with Crippen molar-refractivity contribution in [2.45, 2.75) is 51.2 Å². The van der Waals surface area contributed by atoms with Crippen molar-refractivity contribution in [3.63, 3.8) is 0 Å². The number of benzene rings is 3. The van der Waals surface area contributed by atoms with Gasteiger partial charge in [0.25, 0.3) is 0 Å². The second-order valence-electron chi connectivity index (χ2n) is 12.5. The molecule has 5 aromatic rings. The molecule has 0 radical (unpaired) electrons. The number of rotatable bonds is 7. The van der Waals surface area contributed by atoms with Crippen molar-refractivity contribution in [3.05, 3.63) is 104 Å². The Balaban J connectivity index is 1.38. The fraction of sp³-hybridized carbons (Fsp3) is 0.294. The first-order chi connectivity index (χ1) is 22.4. The van der Waals surface area contributed by atoms with E-state index in [0.29, 0.717) is 27.3 Å². The van der Waals surface area contributed by atoms with Gasteiger partial charge in [0.1, 0.15) is 23.3 Å². The highest BCUT2D eigenvalue weighted by Crippen LogP contribution is 2.38. The van der Waals surface area contributed by atoms with Crippen molar-refractivity contribution in [1.82, 2.24) is 24.9 Å². The van der Waals surface area contributed by atoms with E-state index in [1.807, 2.05) is 29.1 Å². The normalized spacial score (nSPS) is 15.0. The molecule has 2 N–H and O–H groups in total. The highest BCUT2D eigenvalue weighted by molar-refractivity contribution is 6.36. The summed E-state index contributed by atoms with van der Waals surface area (Å²) in [7, 11) is 0. The van der Waals surface area contributed by atoms with E-state index in [-0.39, 0.29) is 32.9 Å². The second kappa shape index (κ2) is 13.2.